The van der Waals surface area contributed by atoms with Crippen LogP contribution in [-0.4, -0.2) is 29.3 Å². The van der Waals surface area contributed by atoms with Crippen LogP contribution in [0, 0.1) is 5.82 Å². The van der Waals surface area contributed by atoms with Gasteiger partial charge >= 0.3 is 6.09 Å². The highest BCUT2D eigenvalue weighted by Crippen LogP contribution is 2.40. The first-order chi connectivity index (χ1) is 12.9. The van der Waals surface area contributed by atoms with E-state index in [1.54, 1.807) is 17.0 Å². The molecule has 144 valence electrons. The van der Waals surface area contributed by atoms with E-state index in [-0.39, 0.29) is 18.5 Å². The van der Waals surface area contributed by atoms with Crippen LogP contribution in [0.2, 0.25) is 0 Å². The van der Waals surface area contributed by atoms with E-state index in [2.05, 4.69) is 15.9 Å². The third kappa shape index (κ3) is 4.33. The number of hydrogen-bond acceptors (Lipinski definition) is 3. The summed E-state index contributed by atoms with van der Waals surface area (Å²) >= 11 is 3.46. The Hall–Kier alpha value is -1.92. The maximum atomic E-state index is 13.3. The molecule has 2 atom stereocenters. The Kier molecular flexibility index (Phi) is 6.17. The molecular formula is C21H23BrFNO3. The Bertz CT molecular complexity index is 798. The van der Waals surface area contributed by atoms with Gasteiger partial charge in [-0.05, 0) is 55.2 Å². The zero-order chi connectivity index (χ0) is 19.4. The van der Waals surface area contributed by atoms with Gasteiger partial charge in [-0.1, -0.05) is 40.2 Å². The molecule has 1 fully saturated rings. The zero-order valence-electron chi connectivity index (χ0n) is 15.2. The fraction of sp³-hybridized carbons (Fsp3) is 0.381. The number of nitrogens with zero attached hydrogens (tertiary/aromatic N) is 1. The number of cyclic esters (lactones) is 1. The van der Waals surface area contributed by atoms with Gasteiger partial charge in [-0.15, -0.1) is 0 Å². The van der Waals surface area contributed by atoms with Crippen molar-refractivity contribution in [1.82, 2.24) is 4.90 Å². The monoisotopic (exact) mass is 435 g/mol. The molecule has 0 bridgehead atoms. The summed E-state index contributed by atoms with van der Waals surface area (Å²) in [6.07, 6.45) is 1.20. The molecule has 1 aliphatic heterocycles. The molecule has 3 rings (SSSR count). The quantitative estimate of drug-likeness (QED) is 0.681. The highest BCUT2D eigenvalue weighted by atomic mass is 79.9. The Morgan fingerprint density at radius 2 is 2.04 bits per heavy atom. The van der Waals surface area contributed by atoms with Crippen LogP contribution in [0.25, 0.3) is 0 Å². The Labute approximate surface area is 167 Å². The minimum atomic E-state index is -0.832. The zero-order valence-corrected chi connectivity index (χ0v) is 16.8. The van der Waals surface area contributed by atoms with Crippen LogP contribution in [0.5, 0.6) is 0 Å². The van der Waals surface area contributed by atoms with Crippen LogP contribution in [0.15, 0.2) is 53.0 Å². The molecule has 1 amide bonds. The highest BCUT2D eigenvalue weighted by molar-refractivity contribution is 9.10. The summed E-state index contributed by atoms with van der Waals surface area (Å²) in [6.45, 7) is 2.51. The van der Waals surface area contributed by atoms with Gasteiger partial charge in [-0.2, -0.15) is 0 Å². The lowest BCUT2D eigenvalue weighted by Gasteiger charge is -2.43. The lowest BCUT2D eigenvalue weighted by Crippen LogP contribution is -2.48. The SMILES string of the molecule is C[C@@H](c1cccc(Br)c1)N1CC[C@](CCCO)(c2ccc(F)cc2)OC1=O. The number of rotatable bonds is 6. The van der Waals surface area contributed by atoms with Crippen LogP contribution in [0.3, 0.4) is 0 Å². The number of benzene rings is 2. The molecule has 1 N–H and O–H groups in total. The molecule has 0 spiro atoms. The molecule has 0 aliphatic carbocycles. The van der Waals surface area contributed by atoms with Crippen LogP contribution in [0.4, 0.5) is 9.18 Å². The average molecular weight is 436 g/mol. The van der Waals surface area contributed by atoms with Crippen molar-refractivity contribution in [3.8, 4) is 0 Å². The van der Waals surface area contributed by atoms with Crippen molar-refractivity contribution in [2.45, 2.75) is 37.8 Å². The van der Waals surface area contributed by atoms with Crippen molar-refractivity contribution >= 4 is 22.0 Å². The molecule has 0 unspecified atom stereocenters. The predicted octanol–water partition coefficient (Wildman–Crippen LogP) is 5.16. The lowest BCUT2D eigenvalue weighted by atomic mass is 9.84. The third-order valence-electron chi connectivity index (χ3n) is 5.18. The summed E-state index contributed by atoms with van der Waals surface area (Å²) in [7, 11) is 0. The summed E-state index contributed by atoms with van der Waals surface area (Å²) in [5, 5.41) is 9.27. The second-order valence-electron chi connectivity index (χ2n) is 6.87. The summed E-state index contributed by atoms with van der Waals surface area (Å²) in [6, 6.07) is 13.8. The first-order valence-corrected chi connectivity index (χ1v) is 9.86. The van der Waals surface area contributed by atoms with Gasteiger partial charge in [-0.3, -0.25) is 0 Å². The number of aliphatic hydroxyl groups excluding tert-OH is 1. The molecule has 1 aliphatic rings. The minimum Gasteiger partial charge on any atom is -0.438 e. The average Bonchev–Trinajstić information content (AvgIpc) is 2.66. The van der Waals surface area contributed by atoms with Gasteiger partial charge in [0, 0.05) is 24.0 Å². The first-order valence-electron chi connectivity index (χ1n) is 9.07. The van der Waals surface area contributed by atoms with E-state index in [0.29, 0.717) is 25.8 Å². The number of amides is 1. The second kappa shape index (κ2) is 8.40. The number of carbonyl (C=O) groups excluding carboxylic acids is 1. The molecule has 0 saturated carbocycles. The molecule has 27 heavy (non-hydrogen) atoms. The Morgan fingerprint density at radius 3 is 2.67 bits per heavy atom. The summed E-state index contributed by atoms with van der Waals surface area (Å²) in [5.41, 5.74) is 0.951. The summed E-state index contributed by atoms with van der Waals surface area (Å²) < 4.78 is 20.2. The van der Waals surface area contributed by atoms with Gasteiger partial charge in [0.25, 0.3) is 0 Å². The molecule has 1 heterocycles. The summed E-state index contributed by atoms with van der Waals surface area (Å²) in [5.74, 6) is -0.330. The number of ether oxygens (including phenoxy) is 1. The fourth-order valence-corrected chi connectivity index (χ4v) is 4.03. The largest absolute Gasteiger partial charge is 0.438 e. The van der Waals surface area contributed by atoms with E-state index >= 15 is 0 Å². The van der Waals surface area contributed by atoms with Gasteiger partial charge in [0.15, 0.2) is 0 Å². The standard InChI is InChI=1S/C21H23BrFNO3/c1-15(16-4-2-5-18(22)14-16)24-12-11-21(10-3-13-25,27-20(24)26)17-6-8-19(23)9-7-17/h2,4-9,14-15,25H,3,10-13H2,1H3/t15-,21+/m0/s1. The van der Waals surface area contributed by atoms with E-state index in [0.717, 1.165) is 15.6 Å². The fourth-order valence-electron chi connectivity index (χ4n) is 3.61. The van der Waals surface area contributed by atoms with Gasteiger partial charge < -0.3 is 14.7 Å². The normalized spacial score (nSPS) is 21.0. The van der Waals surface area contributed by atoms with Crippen molar-refractivity contribution < 1.29 is 19.0 Å². The maximum absolute atomic E-state index is 13.3. The Morgan fingerprint density at radius 1 is 1.30 bits per heavy atom. The third-order valence-corrected chi connectivity index (χ3v) is 5.67. The molecule has 6 heteroatoms. The molecule has 2 aromatic carbocycles. The number of aliphatic hydroxyl groups is 1. The van der Waals surface area contributed by atoms with E-state index in [9.17, 15) is 14.3 Å². The van der Waals surface area contributed by atoms with Crippen LogP contribution in [0.1, 0.15) is 43.4 Å². The highest BCUT2D eigenvalue weighted by Gasteiger charge is 2.43. The van der Waals surface area contributed by atoms with Gasteiger partial charge in [0.1, 0.15) is 11.4 Å². The number of halogens is 2. The Balaban J connectivity index is 1.83. The smallest absolute Gasteiger partial charge is 0.411 e. The van der Waals surface area contributed by atoms with Crippen molar-refractivity contribution in [2.75, 3.05) is 13.2 Å². The van der Waals surface area contributed by atoms with Crippen LogP contribution >= 0.6 is 15.9 Å². The van der Waals surface area contributed by atoms with E-state index in [4.69, 9.17) is 4.74 Å². The number of carbonyl (C=O) groups is 1. The van der Waals surface area contributed by atoms with E-state index in [1.807, 2.05) is 31.2 Å². The van der Waals surface area contributed by atoms with Crippen LogP contribution < -0.4 is 0 Å². The molecule has 1 saturated heterocycles. The topological polar surface area (TPSA) is 49.8 Å². The van der Waals surface area contributed by atoms with E-state index < -0.39 is 11.7 Å². The molecule has 2 aromatic rings. The van der Waals surface area contributed by atoms with E-state index in [1.165, 1.54) is 12.1 Å². The molecule has 0 radical (unpaired) electrons. The molecule has 0 aromatic heterocycles. The van der Waals surface area contributed by atoms with Crippen molar-refractivity contribution in [1.29, 1.82) is 0 Å². The minimum absolute atomic E-state index is 0.0126. The molecule has 4 nitrogen and oxygen atoms in total. The van der Waals surface area contributed by atoms with Gasteiger partial charge in [0.2, 0.25) is 0 Å². The lowest BCUT2D eigenvalue weighted by molar-refractivity contribution is -0.0680. The predicted molar refractivity (Wildman–Crippen MR) is 105 cm³/mol. The van der Waals surface area contributed by atoms with Crippen molar-refractivity contribution in [3.63, 3.8) is 0 Å². The first kappa shape index (κ1) is 19.8. The van der Waals surface area contributed by atoms with Crippen LogP contribution in [-0.2, 0) is 10.3 Å². The van der Waals surface area contributed by atoms with Crippen molar-refractivity contribution in [3.05, 3.63) is 69.9 Å². The maximum Gasteiger partial charge on any atom is 0.411 e. The van der Waals surface area contributed by atoms with Gasteiger partial charge in [0.05, 0.1) is 6.04 Å². The van der Waals surface area contributed by atoms with Crippen molar-refractivity contribution in [2.24, 2.45) is 0 Å². The molecular weight excluding hydrogens is 413 g/mol. The van der Waals surface area contributed by atoms with Gasteiger partial charge in [-0.25, -0.2) is 9.18 Å². The summed E-state index contributed by atoms with van der Waals surface area (Å²) in [4.78, 5) is 14.6. The second-order valence-corrected chi connectivity index (χ2v) is 7.79. The number of hydrogen-bond donors (Lipinski definition) is 1.